The number of rotatable bonds is 4. The van der Waals surface area contributed by atoms with Crippen molar-refractivity contribution < 1.29 is 4.79 Å². The molecule has 0 atom stereocenters. The van der Waals surface area contributed by atoms with Gasteiger partial charge in [0.25, 0.3) is 0 Å². The fourth-order valence-electron chi connectivity index (χ4n) is 2.26. The van der Waals surface area contributed by atoms with Crippen molar-refractivity contribution in [2.24, 2.45) is 0 Å². The molecule has 0 N–H and O–H groups in total. The molecule has 1 aliphatic rings. The fraction of sp³-hybridized carbons (Fsp3) is 0.533. The van der Waals surface area contributed by atoms with Crippen LogP contribution >= 0.6 is 0 Å². The number of likely N-dealkylation sites (N-methyl/N-ethyl adjacent to an activating group) is 2. The van der Waals surface area contributed by atoms with Gasteiger partial charge in [0.2, 0.25) is 5.91 Å². The lowest BCUT2D eigenvalue weighted by atomic mass is 10.2. The van der Waals surface area contributed by atoms with Gasteiger partial charge in [-0.25, -0.2) is 0 Å². The predicted octanol–water partition coefficient (Wildman–Crippen LogP) is 0.892. The van der Waals surface area contributed by atoms with E-state index >= 15 is 0 Å². The van der Waals surface area contributed by atoms with Gasteiger partial charge in [0.1, 0.15) is 0 Å². The molecule has 1 heterocycles. The molecule has 0 unspecified atom stereocenters. The summed E-state index contributed by atoms with van der Waals surface area (Å²) in [6.07, 6.45) is 0. The van der Waals surface area contributed by atoms with Crippen molar-refractivity contribution in [2.45, 2.75) is 6.54 Å². The number of hydrogen-bond donors (Lipinski definition) is 0. The second-order valence-electron chi connectivity index (χ2n) is 5.31. The summed E-state index contributed by atoms with van der Waals surface area (Å²) in [5.74, 6) is 0.202. The van der Waals surface area contributed by atoms with Crippen LogP contribution in [0.25, 0.3) is 0 Å². The highest BCUT2D eigenvalue weighted by Gasteiger charge is 2.18. The van der Waals surface area contributed by atoms with Crippen LogP contribution < -0.4 is 0 Å². The van der Waals surface area contributed by atoms with E-state index in [2.05, 4.69) is 29.0 Å². The zero-order chi connectivity index (χ0) is 13.7. The highest BCUT2D eigenvalue weighted by Crippen LogP contribution is 2.04. The zero-order valence-corrected chi connectivity index (χ0v) is 11.9. The minimum atomic E-state index is 0.202. The number of amides is 1. The molecule has 0 bridgehead atoms. The lowest BCUT2D eigenvalue weighted by molar-refractivity contribution is -0.132. The van der Waals surface area contributed by atoms with Gasteiger partial charge in [-0.3, -0.25) is 9.69 Å². The molecule has 1 amide bonds. The number of carbonyl (C=O) groups excluding carboxylic acids is 1. The Morgan fingerprint density at radius 3 is 2.42 bits per heavy atom. The van der Waals surface area contributed by atoms with Crippen LogP contribution in [-0.2, 0) is 11.3 Å². The lowest BCUT2D eigenvalue weighted by Crippen LogP contribution is -2.48. The van der Waals surface area contributed by atoms with E-state index in [4.69, 9.17) is 0 Å². The summed E-state index contributed by atoms with van der Waals surface area (Å²) in [7, 11) is 4.01. The van der Waals surface area contributed by atoms with Crippen molar-refractivity contribution in [3.8, 4) is 0 Å². The maximum Gasteiger partial charge on any atom is 0.236 e. The molecular formula is C15H23N3O. The number of piperazine rings is 1. The Balaban J connectivity index is 1.79. The summed E-state index contributed by atoms with van der Waals surface area (Å²) in [6, 6.07) is 10.1. The fourth-order valence-corrected chi connectivity index (χ4v) is 2.26. The molecule has 1 aliphatic heterocycles. The van der Waals surface area contributed by atoms with Crippen molar-refractivity contribution in [1.29, 1.82) is 0 Å². The monoisotopic (exact) mass is 261 g/mol. The molecule has 4 nitrogen and oxygen atoms in total. The van der Waals surface area contributed by atoms with E-state index in [1.54, 1.807) is 0 Å². The Morgan fingerprint density at radius 1 is 1.16 bits per heavy atom. The molecule has 1 saturated heterocycles. The average molecular weight is 261 g/mol. The second-order valence-corrected chi connectivity index (χ2v) is 5.31. The Kier molecular flexibility index (Phi) is 4.93. The molecule has 1 aromatic rings. The van der Waals surface area contributed by atoms with E-state index in [0.29, 0.717) is 13.1 Å². The minimum absolute atomic E-state index is 0.202. The molecule has 1 aromatic carbocycles. The molecule has 0 aliphatic carbocycles. The van der Waals surface area contributed by atoms with E-state index < -0.39 is 0 Å². The standard InChI is InChI=1S/C15H23N3O/c1-16-8-10-18(11-9-16)13-15(19)17(2)12-14-6-4-3-5-7-14/h3-7H,8-13H2,1-2H3. The van der Waals surface area contributed by atoms with Gasteiger partial charge in [0.05, 0.1) is 6.54 Å². The number of hydrogen-bond acceptors (Lipinski definition) is 3. The summed E-state index contributed by atoms with van der Waals surface area (Å²) in [5.41, 5.74) is 1.18. The van der Waals surface area contributed by atoms with E-state index in [1.807, 2.05) is 30.1 Å². The van der Waals surface area contributed by atoms with Gasteiger partial charge in [0.15, 0.2) is 0 Å². The molecule has 0 radical (unpaired) electrons. The van der Waals surface area contributed by atoms with Crippen LogP contribution in [0.15, 0.2) is 30.3 Å². The Labute approximate surface area is 115 Å². The number of benzene rings is 1. The van der Waals surface area contributed by atoms with Crippen molar-refractivity contribution in [3.05, 3.63) is 35.9 Å². The van der Waals surface area contributed by atoms with Crippen molar-refractivity contribution in [1.82, 2.24) is 14.7 Å². The third kappa shape index (κ3) is 4.33. The van der Waals surface area contributed by atoms with Gasteiger partial charge in [-0.05, 0) is 12.6 Å². The molecule has 0 aromatic heterocycles. The Morgan fingerprint density at radius 2 is 1.79 bits per heavy atom. The second kappa shape index (κ2) is 6.68. The van der Waals surface area contributed by atoms with Gasteiger partial charge in [0, 0.05) is 39.8 Å². The van der Waals surface area contributed by atoms with Crippen LogP contribution in [0.1, 0.15) is 5.56 Å². The summed E-state index contributed by atoms with van der Waals surface area (Å²) in [5, 5.41) is 0. The topological polar surface area (TPSA) is 26.8 Å². The average Bonchev–Trinajstić information content (AvgIpc) is 2.42. The summed E-state index contributed by atoms with van der Waals surface area (Å²) in [4.78, 5) is 18.5. The van der Waals surface area contributed by atoms with Crippen LogP contribution in [0.2, 0.25) is 0 Å². The van der Waals surface area contributed by atoms with E-state index in [-0.39, 0.29) is 5.91 Å². The van der Waals surface area contributed by atoms with Crippen LogP contribution in [0.5, 0.6) is 0 Å². The number of nitrogens with zero attached hydrogens (tertiary/aromatic N) is 3. The molecule has 0 saturated carbocycles. The quantitative estimate of drug-likeness (QED) is 0.805. The zero-order valence-electron chi connectivity index (χ0n) is 11.9. The third-order valence-corrected chi connectivity index (χ3v) is 3.64. The maximum absolute atomic E-state index is 12.2. The van der Waals surface area contributed by atoms with Gasteiger partial charge in [-0.2, -0.15) is 0 Å². The van der Waals surface area contributed by atoms with Gasteiger partial charge >= 0.3 is 0 Å². The summed E-state index contributed by atoms with van der Waals surface area (Å²) in [6.45, 7) is 5.30. The maximum atomic E-state index is 12.2. The highest BCUT2D eigenvalue weighted by molar-refractivity contribution is 5.78. The number of carbonyl (C=O) groups is 1. The van der Waals surface area contributed by atoms with Crippen LogP contribution in [0.3, 0.4) is 0 Å². The van der Waals surface area contributed by atoms with Crippen molar-refractivity contribution in [2.75, 3.05) is 46.8 Å². The normalized spacial score (nSPS) is 17.4. The van der Waals surface area contributed by atoms with E-state index in [1.165, 1.54) is 5.56 Å². The predicted molar refractivity (Wildman–Crippen MR) is 76.9 cm³/mol. The van der Waals surface area contributed by atoms with E-state index in [0.717, 1.165) is 26.2 Å². The first-order valence-electron chi connectivity index (χ1n) is 6.84. The molecule has 19 heavy (non-hydrogen) atoms. The largest absolute Gasteiger partial charge is 0.340 e. The van der Waals surface area contributed by atoms with E-state index in [9.17, 15) is 4.79 Å². The summed E-state index contributed by atoms with van der Waals surface area (Å²) >= 11 is 0. The van der Waals surface area contributed by atoms with Gasteiger partial charge < -0.3 is 9.80 Å². The highest BCUT2D eigenvalue weighted by atomic mass is 16.2. The Bertz CT molecular complexity index is 399. The first-order valence-corrected chi connectivity index (χ1v) is 6.84. The van der Waals surface area contributed by atoms with Crippen molar-refractivity contribution in [3.63, 3.8) is 0 Å². The first kappa shape index (κ1) is 14.0. The lowest BCUT2D eigenvalue weighted by Gasteiger charge is -2.32. The Hall–Kier alpha value is -1.39. The molecule has 2 rings (SSSR count). The molecular weight excluding hydrogens is 238 g/mol. The smallest absolute Gasteiger partial charge is 0.236 e. The molecule has 0 spiro atoms. The third-order valence-electron chi connectivity index (χ3n) is 3.64. The minimum Gasteiger partial charge on any atom is -0.340 e. The van der Waals surface area contributed by atoms with Crippen LogP contribution in [0.4, 0.5) is 0 Å². The van der Waals surface area contributed by atoms with Crippen LogP contribution in [-0.4, -0.2) is 67.4 Å². The molecule has 1 fully saturated rings. The van der Waals surface area contributed by atoms with Crippen LogP contribution in [0, 0.1) is 0 Å². The van der Waals surface area contributed by atoms with Gasteiger partial charge in [-0.1, -0.05) is 30.3 Å². The summed E-state index contributed by atoms with van der Waals surface area (Å²) < 4.78 is 0. The molecule has 104 valence electrons. The van der Waals surface area contributed by atoms with Crippen molar-refractivity contribution >= 4 is 5.91 Å². The molecule has 4 heteroatoms. The first-order chi connectivity index (χ1) is 9.15. The van der Waals surface area contributed by atoms with Gasteiger partial charge in [-0.15, -0.1) is 0 Å². The SMILES string of the molecule is CN1CCN(CC(=O)N(C)Cc2ccccc2)CC1.